The minimum atomic E-state index is -0.700. The molecule has 1 aromatic heterocycles. The Kier molecular flexibility index (Phi) is 5.12. The van der Waals surface area contributed by atoms with E-state index in [0.29, 0.717) is 0 Å². The molecule has 26 heavy (non-hydrogen) atoms. The molecule has 1 heterocycles. The highest BCUT2D eigenvalue weighted by Gasteiger charge is 2.14. The summed E-state index contributed by atoms with van der Waals surface area (Å²) in [7, 11) is 0. The second-order valence-corrected chi connectivity index (χ2v) is 5.69. The van der Waals surface area contributed by atoms with Gasteiger partial charge in [0.1, 0.15) is 18.0 Å². The molecular weight excluding hydrogens is 335 g/mol. The van der Waals surface area contributed by atoms with Gasteiger partial charge in [-0.1, -0.05) is 36.4 Å². The van der Waals surface area contributed by atoms with Crippen LogP contribution in [0, 0.1) is 12.7 Å². The van der Waals surface area contributed by atoms with Crippen LogP contribution < -0.4 is 15.7 Å². The van der Waals surface area contributed by atoms with Gasteiger partial charge < -0.3 is 10.2 Å². The third-order valence-electron chi connectivity index (χ3n) is 3.90. The molecule has 3 aromatic rings. The second-order valence-electron chi connectivity index (χ2n) is 5.69. The van der Waals surface area contributed by atoms with Crippen molar-refractivity contribution in [2.75, 3.05) is 5.32 Å². The largest absolute Gasteiger partial charge is 0.406 e. The van der Waals surface area contributed by atoms with Gasteiger partial charge in [-0.3, -0.25) is 9.59 Å². The van der Waals surface area contributed by atoms with Crippen LogP contribution in [0.15, 0.2) is 71.7 Å². The van der Waals surface area contributed by atoms with Gasteiger partial charge in [0, 0.05) is 6.20 Å². The molecule has 0 bridgehead atoms. The summed E-state index contributed by atoms with van der Waals surface area (Å²) in [6.45, 7) is 2.13. The summed E-state index contributed by atoms with van der Waals surface area (Å²) < 4.78 is 14.7. The molecule has 6 heteroatoms. The minimum absolute atomic E-state index is 0.00753. The summed E-state index contributed by atoms with van der Waals surface area (Å²) in [5, 5.41) is 2.39. The van der Waals surface area contributed by atoms with Gasteiger partial charge in [-0.2, -0.15) is 4.73 Å². The van der Waals surface area contributed by atoms with Crippen LogP contribution in [0.5, 0.6) is 0 Å². The molecule has 0 fully saturated rings. The van der Waals surface area contributed by atoms with E-state index in [-0.39, 0.29) is 17.9 Å². The Morgan fingerprint density at radius 1 is 1.08 bits per heavy atom. The molecule has 1 N–H and O–H groups in total. The van der Waals surface area contributed by atoms with E-state index in [2.05, 4.69) is 5.32 Å². The topological polar surface area (TPSA) is 60.3 Å². The lowest BCUT2D eigenvalue weighted by atomic mass is 10.1. The Morgan fingerprint density at radius 3 is 2.58 bits per heavy atom. The molecule has 0 unspecified atom stereocenters. The second kappa shape index (κ2) is 7.65. The average Bonchev–Trinajstić information content (AvgIpc) is 2.64. The molecule has 0 saturated heterocycles. The fraction of sp³-hybridized carbons (Fsp3) is 0.100. The molecule has 0 saturated carbocycles. The van der Waals surface area contributed by atoms with Gasteiger partial charge in [0.2, 0.25) is 0 Å². The number of pyridine rings is 1. The van der Waals surface area contributed by atoms with E-state index in [1.807, 2.05) is 31.2 Å². The zero-order valence-electron chi connectivity index (χ0n) is 14.1. The molecule has 2 aromatic carbocycles. The number of anilines is 1. The minimum Gasteiger partial charge on any atom is -0.406 e. The van der Waals surface area contributed by atoms with Crippen molar-refractivity contribution in [1.82, 2.24) is 4.73 Å². The van der Waals surface area contributed by atoms with Crippen molar-refractivity contribution in [3.05, 3.63) is 99.7 Å². The molecule has 0 radical (unpaired) electrons. The number of nitrogens with zero attached hydrogens (tertiary/aromatic N) is 1. The molecule has 0 atom stereocenters. The molecule has 5 nitrogen and oxygen atoms in total. The lowest BCUT2D eigenvalue weighted by Gasteiger charge is -2.11. The van der Waals surface area contributed by atoms with Crippen LogP contribution in [-0.4, -0.2) is 10.6 Å². The highest BCUT2D eigenvalue weighted by atomic mass is 19.1. The Labute approximate surface area is 149 Å². The van der Waals surface area contributed by atoms with Crippen LogP contribution in [0.3, 0.4) is 0 Å². The molecular formula is C20H17FN2O3. The van der Waals surface area contributed by atoms with Crippen LogP contribution in [0.1, 0.15) is 21.5 Å². The third-order valence-corrected chi connectivity index (χ3v) is 3.90. The summed E-state index contributed by atoms with van der Waals surface area (Å²) in [6, 6.07) is 16.3. The number of benzene rings is 2. The van der Waals surface area contributed by atoms with Crippen molar-refractivity contribution in [2.24, 2.45) is 0 Å². The number of carbonyl (C=O) groups is 1. The van der Waals surface area contributed by atoms with E-state index >= 15 is 0 Å². The number of rotatable bonds is 5. The number of aromatic nitrogens is 1. The smallest absolute Gasteiger partial charge is 0.295 e. The van der Waals surface area contributed by atoms with Crippen LogP contribution >= 0.6 is 0 Å². The number of aryl methyl sites for hydroxylation is 1. The van der Waals surface area contributed by atoms with Crippen molar-refractivity contribution in [2.45, 2.75) is 13.5 Å². The number of hydrogen-bond acceptors (Lipinski definition) is 3. The van der Waals surface area contributed by atoms with Crippen LogP contribution in [0.4, 0.5) is 10.1 Å². The summed E-state index contributed by atoms with van der Waals surface area (Å²) in [5.41, 5.74) is 1.22. The molecule has 1 amide bonds. The van der Waals surface area contributed by atoms with Gasteiger partial charge in [-0.25, -0.2) is 4.39 Å². The van der Waals surface area contributed by atoms with E-state index in [1.165, 1.54) is 36.5 Å². The van der Waals surface area contributed by atoms with Gasteiger partial charge in [-0.15, -0.1) is 0 Å². The van der Waals surface area contributed by atoms with E-state index in [4.69, 9.17) is 4.84 Å². The Balaban J connectivity index is 1.79. The average molecular weight is 352 g/mol. The molecule has 0 aliphatic rings. The van der Waals surface area contributed by atoms with Gasteiger partial charge in [0.25, 0.3) is 11.5 Å². The number of para-hydroxylation sites is 1. The number of nitrogens with one attached hydrogen (secondary N) is 1. The lowest BCUT2D eigenvalue weighted by Crippen LogP contribution is -2.32. The first-order valence-corrected chi connectivity index (χ1v) is 8.01. The Bertz CT molecular complexity index is 998. The third kappa shape index (κ3) is 3.80. The molecule has 132 valence electrons. The SMILES string of the molecule is Cc1ccccc1COn1cccc(C(=O)Nc2ccccc2F)c1=O. The van der Waals surface area contributed by atoms with Crippen LogP contribution in [0.25, 0.3) is 0 Å². The lowest BCUT2D eigenvalue weighted by molar-refractivity contribution is 0.0861. The number of carbonyl (C=O) groups excluding carboxylic acids is 1. The first kappa shape index (κ1) is 17.4. The summed E-state index contributed by atoms with van der Waals surface area (Å²) in [5.74, 6) is -1.28. The zero-order chi connectivity index (χ0) is 18.5. The number of halogens is 1. The molecule has 0 spiro atoms. The van der Waals surface area contributed by atoms with Crippen molar-refractivity contribution in [1.29, 1.82) is 0 Å². The first-order chi connectivity index (χ1) is 12.6. The standard InChI is InChI=1S/C20H17FN2O3/c1-14-7-2-3-8-15(14)13-26-23-12-6-9-16(20(23)25)19(24)22-18-11-5-4-10-17(18)21/h2-12H,13H2,1H3,(H,22,24). The first-order valence-electron chi connectivity index (χ1n) is 8.01. The van der Waals surface area contributed by atoms with Gasteiger partial charge >= 0.3 is 0 Å². The summed E-state index contributed by atoms with van der Waals surface area (Å²) in [4.78, 5) is 30.3. The normalized spacial score (nSPS) is 10.4. The van der Waals surface area contributed by atoms with Crippen molar-refractivity contribution in [3.63, 3.8) is 0 Å². The van der Waals surface area contributed by atoms with Crippen LogP contribution in [0.2, 0.25) is 0 Å². The fourth-order valence-electron chi connectivity index (χ4n) is 2.41. The maximum Gasteiger partial charge on any atom is 0.295 e. The predicted molar refractivity (Wildman–Crippen MR) is 96.5 cm³/mol. The summed E-state index contributed by atoms with van der Waals surface area (Å²) >= 11 is 0. The maximum atomic E-state index is 13.7. The Morgan fingerprint density at radius 2 is 1.81 bits per heavy atom. The predicted octanol–water partition coefficient (Wildman–Crippen LogP) is 3.18. The van der Waals surface area contributed by atoms with E-state index in [1.54, 1.807) is 6.07 Å². The fourth-order valence-corrected chi connectivity index (χ4v) is 2.41. The molecule has 3 rings (SSSR count). The van der Waals surface area contributed by atoms with Crippen LogP contribution in [-0.2, 0) is 6.61 Å². The monoisotopic (exact) mass is 352 g/mol. The van der Waals surface area contributed by atoms with Crippen molar-refractivity contribution >= 4 is 11.6 Å². The summed E-state index contributed by atoms with van der Waals surface area (Å²) in [6.07, 6.45) is 1.43. The Hall–Kier alpha value is -3.41. The van der Waals surface area contributed by atoms with Gasteiger partial charge in [0.15, 0.2) is 0 Å². The zero-order valence-corrected chi connectivity index (χ0v) is 14.1. The molecule has 0 aliphatic carbocycles. The van der Waals surface area contributed by atoms with Crippen molar-refractivity contribution in [3.8, 4) is 0 Å². The quantitative estimate of drug-likeness (QED) is 0.767. The van der Waals surface area contributed by atoms with E-state index < -0.39 is 17.3 Å². The van der Waals surface area contributed by atoms with Gasteiger partial charge in [0.05, 0.1) is 5.69 Å². The maximum absolute atomic E-state index is 13.7. The number of amides is 1. The highest BCUT2D eigenvalue weighted by Crippen LogP contribution is 2.13. The van der Waals surface area contributed by atoms with E-state index in [9.17, 15) is 14.0 Å². The van der Waals surface area contributed by atoms with E-state index in [0.717, 1.165) is 15.9 Å². The number of hydrogen-bond donors (Lipinski definition) is 1. The molecule has 0 aliphatic heterocycles. The highest BCUT2D eigenvalue weighted by molar-refractivity contribution is 6.04. The van der Waals surface area contributed by atoms with Gasteiger partial charge in [-0.05, 0) is 42.3 Å². The van der Waals surface area contributed by atoms with Crippen molar-refractivity contribution < 1.29 is 14.0 Å².